The Morgan fingerprint density at radius 1 is 1.10 bits per heavy atom. The Bertz CT molecular complexity index is 553. The molecule has 0 unspecified atom stereocenters. The number of fused-ring (bicyclic) bond motifs is 1. The molecule has 2 aromatic rings. The lowest BCUT2D eigenvalue weighted by atomic mass is 10.2. The first-order valence-electron chi connectivity index (χ1n) is 7.10. The van der Waals surface area contributed by atoms with E-state index < -0.39 is 0 Å². The van der Waals surface area contributed by atoms with Crippen molar-refractivity contribution < 1.29 is 0 Å². The quantitative estimate of drug-likeness (QED) is 0.759. The fourth-order valence-electron chi connectivity index (χ4n) is 2.05. The van der Waals surface area contributed by atoms with Crippen LogP contribution in [-0.4, -0.2) is 48.6 Å². The van der Waals surface area contributed by atoms with Crippen LogP contribution in [0.25, 0.3) is 10.9 Å². The minimum Gasteiger partial charge on any atom is -0.369 e. The van der Waals surface area contributed by atoms with Crippen molar-refractivity contribution in [2.75, 3.05) is 44.4 Å². The van der Waals surface area contributed by atoms with Crippen LogP contribution in [0.4, 0.5) is 11.8 Å². The predicted molar refractivity (Wildman–Crippen MR) is 85.4 cm³/mol. The van der Waals surface area contributed by atoms with Gasteiger partial charge in [0.15, 0.2) is 0 Å². The molecule has 0 saturated carbocycles. The summed E-state index contributed by atoms with van der Waals surface area (Å²) in [6, 6.07) is 8.09. The molecule has 0 aliphatic heterocycles. The summed E-state index contributed by atoms with van der Waals surface area (Å²) in [4.78, 5) is 11.3. The maximum atomic E-state index is 4.56. The molecule has 0 radical (unpaired) electrons. The van der Waals surface area contributed by atoms with Crippen LogP contribution in [0.15, 0.2) is 24.3 Å². The van der Waals surface area contributed by atoms with Gasteiger partial charge in [0.1, 0.15) is 5.82 Å². The van der Waals surface area contributed by atoms with Crippen molar-refractivity contribution in [3.8, 4) is 0 Å². The van der Waals surface area contributed by atoms with Crippen molar-refractivity contribution in [1.29, 1.82) is 0 Å². The van der Waals surface area contributed by atoms with Gasteiger partial charge in [-0.15, -0.1) is 0 Å². The van der Waals surface area contributed by atoms with Crippen molar-refractivity contribution in [3.63, 3.8) is 0 Å². The third kappa shape index (κ3) is 3.81. The van der Waals surface area contributed by atoms with Crippen LogP contribution < -0.4 is 10.6 Å². The van der Waals surface area contributed by atoms with Gasteiger partial charge in [-0.3, -0.25) is 0 Å². The molecular formula is C15H23N5. The zero-order chi connectivity index (χ0) is 14.4. The van der Waals surface area contributed by atoms with Crippen LogP contribution >= 0.6 is 0 Å². The lowest BCUT2D eigenvalue weighted by Crippen LogP contribution is -2.17. The number of anilines is 2. The van der Waals surface area contributed by atoms with E-state index in [1.54, 1.807) is 0 Å². The Morgan fingerprint density at radius 2 is 1.90 bits per heavy atom. The van der Waals surface area contributed by atoms with Crippen LogP contribution in [0.3, 0.4) is 0 Å². The van der Waals surface area contributed by atoms with Gasteiger partial charge in [0.2, 0.25) is 5.95 Å². The maximum Gasteiger partial charge on any atom is 0.225 e. The van der Waals surface area contributed by atoms with Crippen molar-refractivity contribution in [1.82, 2.24) is 14.9 Å². The van der Waals surface area contributed by atoms with Crippen molar-refractivity contribution in [3.05, 3.63) is 24.3 Å². The summed E-state index contributed by atoms with van der Waals surface area (Å²) in [6.07, 6.45) is 1.09. The number of nitrogens with one attached hydrogen (secondary N) is 2. The van der Waals surface area contributed by atoms with Gasteiger partial charge < -0.3 is 15.5 Å². The van der Waals surface area contributed by atoms with Gasteiger partial charge in [-0.1, -0.05) is 12.1 Å². The van der Waals surface area contributed by atoms with Crippen molar-refractivity contribution in [2.45, 2.75) is 13.3 Å². The second-order valence-electron chi connectivity index (χ2n) is 5.03. The minimum absolute atomic E-state index is 0.682. The third-order valence-electron chi connectivity index (χ3n) is 3.01. The first-order valence-corrected chi connectivity index (χ1v) is 7.10. The highest BCUT2D eigenvalue weighted by atomic mass is 15.1. The van der Waals surface area contributed by atoms with Gasteiger partial charge in [-0.2, -0.15) is 4.98 Å². The minimum atomic E-state index is 0.682. The monoisotopic (exact) mass is 273 g/mol. The zero-order valence-electron chi connectivity index (χ0n) is 12.5. The fraction of sp³-hybridized carbons (Fsp3) is 0.467. The summed E-state index contributed by atoms with van der Waals surface area (Å²) in [7, 11) is 4.17. The molecule has 0 atom stereocenters. The number of nitrogens with zero attached hydrogens (tertiary/aromatic N) is 3. The predicted octanol–water partition coefficient (Wildman–Crippen LogP) is 2.43. The van der Waals surface area contributed by atoms with Crippen molar-refractivity contribution in [2.24, 2.45) is 0 Å². The topological polar surface area (TPSA) is 53.1 Å². The van der Waals surface area contributed by atoms with Crippen LogP contribution in [0.5, 0.6) is 0 Å². The van der Waals surface area contributed by atoms with Gasteiger partial charge in [0, 0.05) is 18.5 Å². The molecule has 0 spiro atoms. The Balaban J connectivity index is 2.16. The molecule has 5 heteroatoms. The second kappa shape index (κ2) is 7.05. The van der Waals surface area contributed by atoms with E-state index in [0.717, 1.165) is 42.8 Å². The summed E-state index contributed by atoms with van der Waals surface area (Å²) >= 11 is 0. The Morgan fingerprint density at radius 3 is 2.65 bits per heavy atom. The summed E-state index contributed by atoms with van der Waals surface area (Å²) in [5.74, 6) is 1.59. The van der Waals surface area contributed by atoms with E-state index in [4.69, 9.17) is 0 Å². The zero-order valence-corrected chi connectivity index (χ0v) is 12.5. The normalized spacial score (nSPS) is 11.0. The highest BCUT2D eigenvalue weighted by Gasteiger charge is 2.06. The lowest BCUT2D eigenvalue weighted by molar-refractivity contribution is 0.405. The van der Waals surface area contributed by atoms with E-state index in [1.165, 1.54) is 0 Å². The number of hydrogen-bond donors (Lipinski definition) is 2. The Kier molecular flexibility index (Phi) is 5.12. The molecule has 0 fully saturated rings. The van der Waals surface area contributed by atoms with Gasteiger partial charge >= 0.3 is 0 Å². The summed E-state index contributed by atoms with van der Waals surface area (Å²) in [5.41, 5.74) is 0.966. The molecule has 1 aromatic carbocycles. The lowest BCUT2D eigenvalue weighted by Gasteiger charge is -2.13. The molecule has 0 amide bonds. The van der Waals surface area contributed by atoms with Gasteiger partial charge in [0.25, 0.3) is 0 Å². The SMILES string of the molecule is CCNc1nc(NCCCN(C)C)c2ccccc2n1. The molecule has 0 aliphatic rings. The van der Waals surface area contributed by atoms with Crippen LogP contribution in [0, 0.1) is 0 Å². The molecule has 108 valence electrons. The van der Waals surface area contributed by atoms with E-state index in [-0.39, 0.29) is 0 Å². The van der Waals surface area contributed by atoms with E-state index in [1.807, 2.05) is 25.1 Å². The molecule has 0 aliphatic carbocycles. The van der Waals surface area contributed by atoms with Crippen LogP contribution in [0.2, 0.25) is 0 Å². The average molecular weight is 273 g/mol. The van der Waals surface area contributed by atoms with E-state index in [2.05, 4.69) is 45.7 Å². The summed E-state index contributed by atoms with van der Waals surface area (Å²) in [5, 5.41) is 7.67. The standard InChI is InChI=1S/C15H23N5/c1-4-16-15-18-13-9-6-5-8-12(13)14(19-15)17-10-7-11-20(2)3/h5-6,8-9H,4,7,10-11H2,1-3H3,(H2,16,17,18,19). The second-order valence-corrected chi connectivity index (χ2v) is 5.03. The molecule has 0 saturated heterocycles. The first-order chi connectivity index (χ1) is 9.70. The Labute approximate surface area is 120 Å². The molecule has 1 aromatic heterocycles. The summed E-state index contributed by atoms with van der Waals surface area (Å²) in [6.45, 7) is 4.84. The molecular weight excluding hydrogens is 250 g/mol. The van der Waals surface area contributed by atoms with Crippen LogP contribution in [-0.2, 0) is 0 Å². The number of rotatable bonds is 7. The molecule has 2 rings (SSSR count). The van der Waals surface area contributed by atoms with Crippen LogP contribution in [0.1, 0.15) is 13.3 Å². The molecule has 2 N–H and O–H groups in total. The van der Waals surface area contributed by atoms with E-state index >= 15 is 0 Å². The number of benzene rings is 1. The third-order valence-corrected chi connectivity index (χ3v) is 3.01. The number of hydrogen-bond acceptors (Lipinski definition) is 5. The smallest absolute Gasteiger partial charge is 0.225 e. The summed E-state index contributed by atoms with van der Waals surface area (Å²) < 4.78 is 0. The van der Waals surface area contributed by atoms with E-state index in [9.17, 15) is 0 Å². The molecule has 1 heterocycles. The number of aromatic nitrogens is 2. The highest BCUT2D eigenvalue weighted by molar-refractivity contribution is 5.89. The molecule has 20 heavy (non-hydrogen) atoms. The highest BCUT2D eigenvalue weighted by Crippen LogP contribution is 2.21. The maximum absolute atomic E-state index is 4.56. The molecule has 0 bridgehead atoms. The average Bonchev–Trinajstić information content (AvgIpc) is 2.43. The number of para-hydroxylation sites is 1. The van der Waals surface area contributed by atoms with Gasteiger partial charge in [-0.25, -0.2) is 4.98 Å². The van der Waals surface area contributed by atoms with E-state index in [0.29, 0.717) is 5.95 Å². The molecule has 5 nitrogen and oxygen atoms in total. The first kappa shape index (κ1) is 14.5. The fourth-order valence-corrected chi connectivity index (χ4v) is 2.05. The Hall–Kier alpha value is -1.88. The van der Waals surface area contributed by atoms with Gasteiger partial charge in [0.05, 0.1) is 5.52 Å². The largest absolute Gasteiger partial charge is 0.369 e. The van der Waals surface area contributed by atoms with Crippen molar-refractivity contribution >= 4 is 22.7 Å². The van der Waals surface area contributed by atoms with Gasteiger partial charge in [-0.05, 0) is 46.1 Å².